The van der Waals surface area contributed by atoms with Crippen molar-refractivity contribution in [2.75, 3.05) is 39.3 Å². The number of nitrogens with two attached hydrogens (primary N) is 1. The Balaban J connectivity index is 2.19. The zero-order valence-electron chi connectivity index (χ0n) is 9.85. The van der Waals surface area contributed by atoms with E-state index in [1.165, 1.54) is 4.90 Å². The lowest BCUT2D eigenvalue weighted by molar-refractivity contribution is 0.0936. The molecule has 7 heteroatoms. The summed E-state index contributed by atoms with van der Waals surface area (Å²) in [6.07, 6.45) is 0.577. The van der Waals surface area contributed by atoms with Crippen LogP contribution in [-0.4, -0.2) is 61.2 Å². The first-order valence-electron chi connectivity index (χ1n) is 5.84. The van der Waals surface area contributed by atoms with Crippen LogP contribution in [0.2, 0.25) is 0 Å². The summed E-state index contributed by atoms with van der Waals surface area (Å²) in [6, 6.07) is -0.139. The fraction of sp³-hybridized carbons (Fsp3) is 0.800. The molecule has 1 aliphatic heterocycles. The number of nitrogens with zero attached hydrogens (tertiary/aromatic N) is 2. The van der Waals surface area contributed by atoms with Crippen molar-refractivity contribution in [3.05, 3.63) is 0 Å². The fourth-order valence-corrected chi connectivity index (χ4v) is 1.67. The van der Waals surface area contributed by atoms with Crippen molar-refractivity contribution in [3.63, 3.8) is 0 Å². The molecule has 0 unspecified atom stereocenters. The van der Waals surface area contributed by atoms with Crippen molar-refractivity contribution in [2.24, 2.45) is 5.73 Å². The normalized spacial score (nSPS) is 15.8. The molecule has 3 amide bonds. The van der Waals surface area contributed by atoms with E-state index >= 15 is 0 Å². The van der Waals surface area contributed by atoms with Gasteiger partial charge in [0.2, 0.25) is 0 Å². The van der Waals surface area contributed by atoms with Gasteiger partial charge in [-0.15, -0.1) is 0 Å². The molecule has 1 fully saturated rings. The number of nitrogens with one attached hydrogen (secondary N) is 1. The van der Waals surface area contributed by atoms with E-state index in [0.717, 1.165) is 12.8 Å². The predicted molar refractivity (Wildman–Crippen MR) is 60.9 cm³/mol. The van der Waals surface area contributed by atoms with E-state index in [4.69, 9.17) is 5.73 Å². The van der Waals surface area contributed by atoms with E-state index in [1.54, 1.807) is 4.90 Å². The van der Waals surface area contributed by atoms with Gasteiger partial charge in [0.15, 0.2) is 0 Å². The van der Waals surface area contributed by atoms with Gasteiger partial charge < -0.3 is 20.9 Å². The lowest BCUT2D eigenvalue weighted by Crippen LogP contribution is -2.52. The molecular weight excluding hydrogens is 224 g/mol. The van der Waals surface area contributed by atoms with Gasteiger partial charge in [-0.2, -0.15) is 0 Å². The lowest BCUT2D eigenvalue weighted by Gasteiger charge is -2.32. The summed E-state index contributed by atoms with van der Waals surface area (Å²) in [6.45, 7) is 2.70. The first-order chi connectivity index (χ1) is 8.15. The highest BCUT2D eigenvalue weighted by molar-refractivity contribution is 5.74. The van der Waals surface area contributed by atoms with Crippen LogP contribution in [0.25, 0.3) is 0 Å². The van der Waals surface area contributed by atoms with Crippen LogP contribution < -0.4 is 11.1 Å². The number of hydrogen-bond acceptors (Lipinski definition) is 3. The molecule has 0 bridgehead atoms. The van der Waals surface area contributed by atoms with E-state index in [2.05, 4.69) is 5.32 Å². The average molecular weight is 243 g/mol. The van der Waals surface area contributed by atoms with Gasteiger partial charge in [0.25, 0.3) is 0 Å². The van der Waals surface area contributed by atoms with Gasteiger partial charge in [0, 0.05) is 32.7 Å². The van der Waals surface area contributed by atoms with Crippen LogP contribution in [0.5, 0.6) is 0 Å². The van der Waals surface area contributed by atoms with Crippen molar-refractivity contribution >= 4 is 12.1 Å². The van der Waals surface area contributed by atoms with Gasteiger partial charge >= 0.3 is 12.1 Å². The Kier molecular flexibility index (Phi) is 5.55. The molecule has 1 rings (SSSR count). The van der Waals surface area contributed by atoms with Crippen LogP contribution in [0.15, 0.2) is 0 Å². The van der Waals surface area contributed by atoms with Gasteiger partial charge in [-0.25, -0.2) is 14.7 Å². The molecule has 0 aromatic rings. The number of amides is 3. The molecule has 1 radical (unpaired) electrons. The van der Waals surface area contributed by atoms with Crippen molar-refractivity contribution in [1.82, 2.24) is 15.1 Å². The Bertz CT molecular complexity index is 264. The minimum absolute atomic E-state index is 0.139. The molecule has 1 aliphatic rings. The van der Waals surface area contributed by atoms with Gasteiger partial charge in [-0.05, 0) is 19.4 Å². The molecule has 3 N–H and O–H groups in total. The largest absolute Gasteiger partial charge is 0.453 e. The molecule has 7 nitrogen and oxygen atoms in total. The number of piperazine rings is 1. The van der Waals surface area contributed by atoms with Gasteiger partial charge in [0.1, 0.15) is 0 Å². The third-order valence-corrected chi connectivity index (χ3v) is 2.73. The topological polar surface area (TPSA) is 98.6 Å². The van der Waals surface area contributed by atoms with E-state index in [0.29, 0.717) is 39.3 Å². The Morgan fingerprint density at radius 1 is 1.06 bits per heavy atom. The molecule has 1 heterocycles. The second-order valence-electron chi connectivity index (χ2n) is 3.97. The molecule has 1 saturated heterocycles. The van der Waals surface area contributed by atoms with Crippen molar-refractivity contribution in [3.8, 4) is 0 Å². The maximum Gasteiger partial charge on any atom is 0.453 e. The second-order valence-corrected chi connectivity index (χ2v) is 3.97. The third kappa shape index (κ3) is 4.48. The number of rotatable bonds is 4. The van der Waals surface area contributed by atoms with Gasteiger partial charge in [-0.1, -0.05) is 0 Å². The highest BCUT2D eigenvalue weighted by Crippen LogP contribution is 2.02. The molecule has 0 atom stereocenters. The van der Waals surface area contributed by atoms with Crippen LogP contribution in [0.4, 0.5) is 9.59 Å². The minimum Gasteiger partial charge on any atom is -0.338 e. The summed E-state index contributed by atoms with van der Waals surface area (Å²) < 4.78 is 0. The first-order valence-corrected chi connectivity index (χ1v) is 5.84. The number of urea groups is 1. The summed E-state index contributed by atoms with van der Waals surface area (Å²) in [5.74, 6) is 0. The van der Waals surface area contributed by atoms with E-state index in [-0.39, 0.29) is 6.03 Å². The Hall–Kier alpha value is -1.50. The quantitative estimate of drug-likeness (QED) is 0.657. The van der Waals surface area contributed by atoms with Crippen molar-refractivity contribution in [2.45, 2.75) is 12.8 Å². The number of hydrogen-bond donors (Lipinski definition) is 2. The van der Waals surface area contributed by atoms with Crippen LogP contribution in [0.3, 0.4) is 0 Å². The Labute approximate surface area is 101 Å². The first kappa shape index (κ1) is 13.6. The molecule has 17 heavy (non-hydrogen) atoms. The van der Waals surface area contributed by atoms with Gasteiger partial charge in [0.05, 0.1) is 0 Å². The standard InChI is InChI=1S/C10H19N4O3/c11-3-1-2-4-12-9(15)13-5-7-14(8-6-13)10(16)17/h1-8,11H2,(H,12,15). The summed E-state index contributed by atoms with van der Waals surface area (Å²) in [4.78, 5) is 25.0. The average Bonchev–Trinajstić information content (AvgIpc) is 2.34. The molecular formula is C10H19N4O3. The highest BCUT2D eigenvalue weighted by atomic mass is 16.4. The molecule has 0 saturated carbocycles. The summed E-state index contributed by atoms with van der Waals surface area (Å²) in [7, 11) is 0. The maximum atomic E-state index is 11.6. The van der Waals surface area contributed by atoms with Crippen LogP contribution in [-0.2, 0) is 5.11 Å². The van der Waals surface area contributed by atoms with Crippen LogP contribution in [0, 0.1) is 0 Å². The smallest absolute Gasteiger partial charge is 0.338 e. The third-order valence-electron chi connectivity index (χ3n) is 2.73. The molecule has 0 spiro atoms. The van der Waals surface area contributed by atoms with E-state index in [1.807, 2.05) is 0 Å². The predicted octanol–water partition coefficient (Wildman–Crippen LogP) is -0.397. The molecule has 0 aromatic carbocycles. The van der Waals surface area contributed by atoms with E-state index in [9.17, 15) is 14.7 Å². The monoisotopic (exact) mass is 243 g/mol. The summed E-state index contributed by atoms with van der Waals surface area (Å²) in [5, 5.41) is 13.3. The zero-order valence-corrected chi connectivity index (χ0v) is 9.85. The van der Waals surface area contributed by atoms with Crippen molar-refractivity contribution in [1.29, 1.82) is 0 Å². The zero-order chi connectivity index (χ0) is 12.7. The van der Waals surface area contributed by atoms with Crippen molar-refractivity contribution < 1.29 is 14.7 Å². The molecule has 0 aliphatic carbocycles. The number of carbonyl (C=O) groups is 2. The lowest BCUT2D eigenvalue weighted by atomic mass is 10.3. The Morgan fingerprint density at radius 3 is 2.18 bits per heavy atom. The fourth-order valence-electron chi connectivity index (χ4n) is 1.67. The van der Waals surface area contributed by atoms with Crippen LogP contribution >= 0.6 is 0 Å². The number of carbonyl (C=O) groups excluding carboxylic acids is 2. The minimum atomic E-state index is -1.17. The SMILES string of the molecule is NCCCCNC(=O)N1CCN(C([O])=O)CC1. The summed E-state index contributed by atoms with van der Waals surface area (Å²) in [5.41, 5.74) is 5.34. The second kappa shape index (κ2) is 6.95. The highest BCUT2D eigenvalue weighted by Gasteiger charge is 2.23. The number of unbranched alkanes of at least 4 members (excludes halogenated alkanes) is 1. The summed E-state index contributed by atoms with van der Waals surface area (Å²) >= 11 is 0. The maximum absolute atomic E-state index is 11.6. The van der Waals surface area contributed by atoms with E-state index < -0.39 is 6.09 Å². The molecule has 97 valence electrons. The van der Waals surface area contributed by atoms with Crippen LogP contribution in [0.1, 0.15) is 12.8 Å². The Morgan fingerprint density at radius 2 is 1.65 bits per heavy atom. The molecule has 0 aromatic heterocycles. The van der Waals surface area contributed by atoms with Gasteiger partial charge in [-0.3, -0.25) is 0 Å².